The summed E-state index contributed by atoms with van der Waals surface area (Å²) in [6, 6.07) is 17.8. The fourth-order valence-electron chi connectivity index (χ4n) is 5.93. The van der Waals surface area contributed by atoms with Crippen LogP contribution in [0, 0.1) is 11.2 Å². The number of ether oxygens (including phenoxy) is 4. The molecule has 4 aromatic rings. The summed E-state index contributed by atoms with van der Waals surface area (Å²) in [7, 11) is 3.27. The fourth-order valence-corrected chi connectivity index (χ4v) is 5.93. The van der Waals surface area contributed by atoms with Crippen molar-refractivity contribution in [3.8, 4) is 23.0 Å². The van der Waals surface area contributed by atoms with Crippen LogP contribution in [0.15, 0.2) is 72.9 Å². The zero-order chi connectivity index (χ0) is 36.0. The molecule has 6 rings (SSSR count). The lowest BCUT2D eigenvalue weighted by Crippen LogP contribution is -2.36. The van der Waals surface area contributed by atoms with Crippen LogP contribution in [0.5, 0.6) is 23.0 Å². The summed E-state index contributed by atoms with van der Waals surface area (Å²) in [4.78, 5) is 44.8. The van der Waals surface area contributed by atoms with Crippen molar-refractivity contribution in [2.24, 2.45) is 5.41 Å². The maximum absolute atomic E-state index is 15.3. The second kappa shape index (κ2) is 15.7. The number of fused-ring (bicyclic) bond motifs is 1. The van der Waals surface area contributed by atoms with Crippen LogP contribution in [0.25, 0.3) is 10.9 Å². The number of nitrogens with one attached hydrogen (secondary N) is 3. The Morgan fingerprint density at radius 2 is 1.73 bits per heavy atom. The molecule has 2 aliphatic rings. The molecule has 2 fully saturated rings. The van der Waals surface area contributed by atoms with E-state index in [9.17, 15) is 14.4 Å². The third kappa shape index (κ3) is 8.38. The molecule has 1 aliphatic heterocycles. The number of carbonyl (C=O) groups is 3. The smallest absolute Gasteiger partial charge is 0.323 e. The molecule has 3 N–H and O–H groups in total. The number of halogens is 1. The van der Waals surface area contributed by atoms with Crippen molar-refractivity contribution in [3.05, 3.63) is 78.7 Å². The van der Waals surface area contributed by atoms with Crippen molar-refractivity contribution < 1.29 is 37.7 Å². The van der Waals surface area contributed by atoms with Gasteiger partial charge in [0.15, 0.2) is 23.1 Å². The highest BCUT2D eigenvalue weighted by Crippen LogP contribution is 2.47. The molecule has 1 aromatic heterocycles. The quantitative estimate of drug-likeness (QED) is 0.0825. The maximum atomic E-state index is 15.3. The van der Waals surface area contributed by atoms with Crippen LogP contribution in [0.4, 0.5) is 15.8 Å². The van der Waals surface area contributed by atoms with Crippen LogP contribution in [0.2, 0.25) is 0 Å². The molecule has 2 heterocycles. The highest BCUT2D eigenvalue weighted by atomic mass is 19.1. The van der Waals surface area contributed by atoms with Crippen LogP contribution >= 0.6 is 0 Å². The van der Waals surface area contributed by atoms with Crippen molar-refractivity contribution in [1.29, 1.82) is 0 Å². The first kappa shape index (κ1) is 35.6. The van der Waals surface area contributed by atoms with E-state index >= 15 is 4.39 Å². The number of esters is 1. The maximum Gasteiger partial charge on any atom is 0.323 e. The normalized spacial score (nSPS) is 17.0. The van der Waals surface area contributed by atoms with Crippen LogP contribution in [0.1, 0.15) is 32.6 Å². The molecular weight excluding hydrogens is 657 g/mol. The third-order valence-electron chi connectivity index (χ3n) is 9.22. The topological polar surface area (TPSA) is 140 Å². The highest BCUT2D eigenvalue weighted by molar-refractivity contribution is 6.16. The lowest BCUT2D eigenvalue weighted by atomic mass is 10.0. The average Bonchev–Trinajstić information content (AvgIpc) is 3.84. The number of hydrogen-bond donors (Lipinski definition) is 3. The Morgan fingerprint density at radius 1 is 0.961 bits per heavy atom. The number of nitrogens with zero attached hydrogens (tertiary/aromatic N) is 2. The minimum atomic E-state index is -1.19. The van der Waals surface area contributed by atoms with Crippen LogP contribution in [-0.4, -0.2) is 80.2 Å². The van der Waals surface area contributed by atoms with Crippen molar-refractivity contribution in [2.75, 3.05) is 51.0 Å². The van der Waals surface area contributed by atoms with E-state index in [0.717, 1.165) is 32.0 Å². The van der Waals surface area contributed by atoms with Gasteiger partial charge in [0, 0.05) is 54.7 Å². The van der Waals surface area contributed by atoms with Gasteiger partial charge in [0.2, 0.25) is 11.8 Å². The number of pyridine rings is 1. The zero-order valence-corrected chi connectivity index (χ0v) is 28.9. The number of likely N-dealkylation sites (N-methyl/N-ethyl adjacent to an activating group) is 1. The molecule has 3 aromatic carbocycles. The van der Waals surface area contributed by atoms with Crippen molar-refractivity contribution >= 4 is 40.1 Å². The number of likely N-dealkylation sites (tertiary alicyclic amines) is 1. The number of benzene rings is 3. The molecule has 268 valence electrons. The Kier molecular flexibility index (Phi) is 11.0. The predicted octanol–water partition coefficient (Wildman–Crippen LogP) is 5.53. The van der Waals surface area contributed by atoms with Gasteiger partial charge >= 0.3 is 5.97 Å². The van der Waals surface area contributed by atoms with Crippen molar-refractivity contribution in [1.82, 2.24) is 15.2 Å². The van der Waals surface area contributed by atoms with Gasteiger partial charge in [-0.1, -0.05) is 18.2 Å². The number of anilines is 2. The number of aromatic nitrogens is 1. The summed E-state index contributed by atoms with van der Waals surface area (Å²) in [5, 5.41) is 8.96. The second-order valence-electron chi connectivity index (χ2n) is 12.8. The number of para-hydroxylation sites is 1. The largest absolute Gasteiger partial charge is 0.493 e. The summed E-state index contributed by atoms with van der Waals surface area (Å²) in [5.41, 5.74) is 0.179. The van der Waals surface area contributed by atoms with E-state index in [1.54, 1.807) is 62.6 Å². The lowest BCUT2D eigenvalue weighted by molar-refractivity contribution is -0.150. The molecule has 2 amide bonds. The SMILES string of the molecule is CN[C@H](C)C(=O)OC1CCN(CCCOc2cc3nccc(Oc4ccc(NC(=O)C5(C(=O)Nc6ccccc6)CC5)cc4F)c3cc2OC)C1. The summed E-state index contributed by atoms with van der Waals surface area (Å²) in [5.74, 6) is -0.540. The van der Waals surface area contributed by atoms with Gasteiger partial charge in [-0.2, -0.15) is 0 Å². The van der Waals surface area contributed by atoms with Gasteiger partial charge in [-0.25, -0.2) is 4.39 Å². The minimum absolute atomic E-state index is 0.0572. The van der Waals surface area contributed by atoms with Crippen molar-refractivity contribution in [2.45, 2.75) is 44.8 Å². The summed E-state index contributed by atoms with van der Waals surface area (Å²) < 4.78 is 38.6. The third-order valence-corrected chi connectivity index (χ3v) is 9.22. The lowest BCUT2D eigenvalue weighted by Gasteiger charge is -2.18. The van der Waals surface area contributed by atoms with Crippen LogP contribution in [-0.2, 0) is 19.1 Å². The van der Waals surface area contributed by atoms with Crippen LogP contribution < -0.4 is 30.2 Å². The molecule has 2 atom stereocenters. The molecule has 0 spiro atoms. The standard InChI is InChI=1S/C38H42FN5O7/c1-24(40-2)35(45)50-27-13-18-44(23-27)17-7-19-49-34-22-30-28(21-33(34)48-3)31(12-16-41-30)51-32-11-10-26(20-29(32)39)43-37(47)38(14-15-38)36(46)42-25-8-5-4-6-9-25/h4-6,8-12,16,20-22,24,27,40H,7,13-15,17-19,23H2,1-3H3,(H,42,46)(H,43,47)/t24-,27?/m1/s1. The van der Waals surface area contributed by atoms with E-state index < -0.39 is 23.0 Å². The molecule has 12 nitrogen and oxygen atoms in total. The van der Waals surface area contributed by atoms with E-state index in [-0.39, 0.29) is 29.6 Å². The van der Waals surface area contributed by atoms with Crippen LogP contribution in [0.3, 0.4) is 0 Å². The Balaban J connectivity index is 1.04. The molecular formula is C38H42FN5O7. The zero-order valence-electron chi connectivity index (χ0n) is 28.9. The first-order valence-electron chi connectivity index (χ1n) is 17.0. The summed E-state index contributed by atoms with van der Waals surface area (Å²) in [6.07, 6.45) is 3.82. The van der Waals surface area contributed by atoms with Gasteiger partial charge in [0.05, 0.1) is 19.2 Å². The molecule has 1 saturated carbocycles. The van der Waals surface area contributed by atoms with E-state index in [2.05, 4.69) is 25.8 Å². The monoisotopic (exact) mass is 699 g/mol. The predicted molar refractivity (Wildman–Crippen MR) is 190 cm³/mol. The van der Waals surface area contributed by atoms with Gasteiger partial charge in [0.25, 0.3) is 0 Å². The molecule has 51 heavy (non-hydrogen) atoms. The number of amides is 2. The molecule has 0 bridgehead atoms. The van der Waals surface area contributed by atoms with Gasteiger partial charge in [0.1, 0.15) is 23.3 Å². The molecule has 1 aliphatic carbocycles. The fraction of sp³-hybridized carbons (Fsp3) is 0.368. The molecule has 13 heteroatoms. The number of rotatable bonds is 15. The van der Waals surface area contributed by atoms with Gasteiger partial charge in [-0.05, 0) is 76.1 Å². The Bertz CT molecular complexity index is 1890. The first-order chi connectivity index (χ1) is 24.7. The highest BCUT2D eigenvalue weighted by Gasteiger charge is 2.56. The van der Waals surface area contributed by atoms with E-state index in [0.29, 0.717) is 59.8 Å². The summed E-state index contributed by atoms with van der Waals surface area (Å²) in [6.45, 7) is 4.55. The summed E-state index contributed by atoms with van der Waals surface area (Å²) >= 11 is 0. The number of carbonyl (C=O) groups excluding carboxylic acids is 3. The van der Waals surface area contributed by atoms with Gasteiger partial charge in [-0.15, -0.1) is 0 Å². The Labute approximate surface area is 295 Å². The van der Waals surface area contributed by atoms with E-state index in [4.69, 9.17) is 18.9 Å². The second-order valence-corrected chi connectivity index (χ2v) is 12.8. The van der Waals surface area contributed by atoms with Gasteiger partial charge < -0.3 is 34.9 Å². The van der Waals surface area contributed by atoms with E-state index in [1.807, 2.05) is 6.07 Å². The average molecular weight is 700 g/mol. The molecule has 1 unspecified atom stereocenters. The molecule has 0 radical (unpaired) electrons. The molecule has 1 saturated heterocycles. The first-order valence-corrected chi connectivity index (χ1v) is 17.0. The van der Waals surface area contributed by atoms with Gasteiger partial charge in [-0.3, -0.25) is 24.3 Å². The van der Waals surface area contributed by atoms with Crippen molar-refractivity contribution in [3.63, 3.8) is 0 Å². The van der Waals surface area contributed by atoms with E-state index in [1.165, 1.54) is 19.2 Å². The Morgan fingerprint density at radius 3 is 2.43 bits per heavy atom. The number of hydrogen-bond acceptors (Lipinski definition) is 10. The number of methoxy groups -OCH3 is 1. The minimum Gasteiger partial charge on any atom is -0.493 e. The Hall–Kier alpha value is -5.27.